The summed E-state index contributed by atoms with van der Waals surface area (Å²) >= 11 is 0. The van der Waals surface area contributed by atoms with Crippen LogP contribution in [0.1, 0.15) is 12.0 Å². The monoisotopic (exact) mass is 347 g/mol. The molecule has 0 atom stereocenters. The predicted molar refractivity (Wildman–Crippen MR) is 88.5 cm³/mol. The van der Waals surface area contributed by atoms with E-state index in [1.807, 2.05) is 0 Å². The van der Waals surface area contributed by atoms with Crippen LogP contribution in [0.5, 0.6) is 17.2 Å². The van der Waals surface area contributed by atoms with Gasteiger partial charge in [-0.15, -0.1) is 0 Å². The summed E-state index contributed by atoms with van der Waals surface area (Å²) in [6, 6.07) is 9.94. The average molecular weight is 347 g/mol. The molecule has 0 radical (unpaired) electrons. The second kappa shape index (κ2) is 5.90. The number of sulfonamides is 1. The minimum Gasteiger partial charge on any atom is -0.493 e. The fourth-order valence-electron chi connectivity index (χ4n) is 2.77. The van der Waals surface area contributed by atoms with Gasteiger partial charge < -0.3 is 14.2 Å². The summed E-state index contributed by atoms with van der Waals surface area (Å²) in [5, 5.41) is 0. The topological polar surface area (TPSA) is 73.9 Å². The number of fused-ring (bicyclic) bond motifs is 2. The van der Waals surface area contributed by atoms with Crippen LogP contribution in [0.25, 0.3) is 0 Å². The van der Waals surface area contributed by atoms with Crippen LogP contribution in [0.3, 0.4) is 0 Å². The molecule has 0 spiro atoms. The summed E-state index contributed by atoms with van der Waals surface area (Å²) in [6.07, 6.45) is 1.52. The Bertz CT molecular complexity index is 879. The molecule has 0 fully saturated rings. The van der Waals surface area contributed by atoms with E-state index in [4.69, 9.17) is 14.2 Å². The molecule has 2 aromatic rings. The lowest BCUT2D eigenvalue weighted by atomic mass is 10.2. The molecule has 7 heteroatoms. The maximum Gasteiger partial charge on any atom is 0.261 e. The first-order valence-electron chi connectivity index (χ1n) is 7.80. The van der Waals surface area contributed by atoms with E-state index in [0.717, 1.165) is 24.2 Å². The Morgan fingerprint density at radius 3 is 2.46 bits per heavy atom. The third kappa shape index (κ3) is 2.87. The highest BCUT2D eigenvalue weighted by Gasteiger charge is 2.20. The summed E-state index contributed by atoms with van der Waals surface area (Å²) in [5.74, 6) is 1.93. The van der Waals surface area contributed by atoms with Crippen LogP contribution in [-0.2, 0) is 16.4 Å². The van der Waals surface area contributed by atoms with Crippen molar-refractivity contribution >= 4 is 15.7 Å². The van der Waals surface area contributed by atoms with Gasteiger partial charge in [0, 0.05) is 18.9 Å². The first kappa shape index (κ1) is 15.1. The van der Waals surface area contributed by atoms with Crippen molar-refractivity contribution in [3.8, 4) is 17.2 Å². The zero-order chi connectivity index (χ0) is 16.6. The minimum atomic E-state index is -3.67. The zero-order valence-corrected chi connectivity index (χ0v) is 13.8. The highest BCUT2D eigenvalue weighted by Crippen LogP contribution is 2.33. The first-order chi connectivity index (χ1) is 11.6. The Morgan fingerprint density at radius 2 is 1.58 bits per heavy atom. The molecule has 1 N–H and O–H groups in total. The molecule has 4 rings (SSSR count). The summed E-state index contributed by atoms with van der Waals surface area (Å²) < 4.78 is 44.4. The summed E-state index contributed by atoms with van der Waals surface area (Å²) in [7, 11) is -3.67. The number of hydrogen-bond acceptors (Lipinski definition) is 5. The second-order valence-electron chi connectivity index (χ2n) is 5.69. The van der Waals surface area contributed by atoms with E-state index >= 15 is 0 Å². The Kier molecular flexibility index (Phi) is 3.72. The summed E-state index contributed by atoms with van der Waals surface area (Å²) in [6.45, 7) is 1.73. The van der Waals surface area contributed by atoms with Crippen molar-refractivity contribution in [1.82, 2.24) is 0 Å². The number of nitrogens with one attached hydrogen (secondary N) is 1. The highest BCUT2D eigenvalue weighted by molar-refractivity contribution is 7.92. The number of rotatable bonds is 3. The maximum absolute atomic E-state index is 12.6. The Morgan fingerprint density at radius 1 is 0.833 bits per heavy atom. The fourth-order valence-corrected chi connectivity index (χ4v) is 3.87. The van der Waals surface area contributed by atoms with E-state index in [1.54, 1.807) is 36.4 Å². The van der Waals surface area contributed by atoms with Gasteiger partial charge in [-0.2, -0.15) is 0 Å². The lowest BCUT2D eigenvalue weighted by molar-refractivity contribution is 0.297. The van der Waals surface area contributed by atoms with Crippen molar-refractivity contribution in [2.45, 2.75) is 17.7 Å². The van der Waals surface area contributed by atoms with Crippen LogP contribution in [-0.4, -0.2) is 28.2 Å². The van der Waals surface area contributed by atoms with Gasteiger partial charge in [-0.3, -0.25) is 4.72 Å². The normalized spacial score (nSPS) is 16.0. The molecule has 0 aromatic heterocycles. The molecule has 2 aliphatic heterocycles. The largest absolute Gasteiger partial charge is 0.493 e. The highest BCUT2D eigenvalue weighted by atomic mass is 32.2. The Labute approximate surface area is 140 Å². The van der Waals surface area contributed by atoms with Crippen LogP contribution in [0, 0.1) is 0 Å². The van der Waals surface area contributed by atoms with E-state index in [9.17, 15) is 8.42 Å². The van der Waals surface area contributed by atoms with Crippen molar-refractivity contribution in [1.29, 1.82) is 0 Å². The van der Waals surface area contributed by atoms with Crippen molar-refractivity contribution in [3.05, 3.63) is 42.0 Å². The molecule has 0 saturated heterocycles. The van der Waals surface area contributed by atoms with Gasteiger partial charge in [0.25, 0.3) is 10.0 Å². The van der Waals surface area contributed by atoms with Crippen LogP contribution in [0.15, 0.2) is 41.3 Å². The molecule has 6 nitrogen and oxygen atoms in total. The molecule has 0 amide bonds. The molecule has 0 bridgehead atoms. The molecular formula is C17H17NO5S. The van der Waals surface area contributed by atoms with Crippen LogP contribution in [0.2, 0.25) is 0 Å². The number of anilines is 1. The van der Waals surface area contributed by atoms with Gasteiger partial charge in [-0.25, -0.2) is 8.42 Å². The second-order valence-corrected chi connectivity index (χ2v) is 7.37. The van der Waals surface area contributed by atoms with Crippen molar-refractivity contribution in [2.24, 2.45) is 0 Å². The van der Waals surface area contributed by atoms with Gasteiger partial charge in [-0.1, -0.05) is 0 Å². The van der Waals surface area contributed by atoms with E-state index in [0.29, 0.717) is 37.0 Å². The van der Waals surface area contributed by atoms with E-state index in [1.165, 1.54) is 0 Å². The molecular weight excluding hydrogens is 330 g/mol. The molecule has 0 aliphatic carbocycles. The lowest BCUT2D eigenvalue weighted by Crippen LogP contribution is -2.13. The molecule has 2 aromatic carbocycles. The van der Waals surface area contributed by atoms with E-state index < -0.39 is 10.0 Å². The Hall–Kier alpha value is -2.41. The summed E-state index contributed by atoms with van der Waals surface area (Å²) in [5.41, 5.74) is 1.35. The number of hydrogen-bond donors (Lipinski definition) is 1. The molecule has 0 saturated carbocycles. The smallest absolute Gasteiger partial charge is 0.261 e. The molecule has 24 heavy (non-hydrogen) atoms. The van der Waals surface area contributed by atoms with Crippen LogP contribution >= 0.6 is 0 Å². The molecule has 2 heterocycles. The van der Waals surface area contributed by atoms with Crippen LogP contribution < -0.4 is 18.9 Å². The predicted octanol–water partition coefficient (Wildman–Crippen LogP) is 2.58. The zero-order valence-electron chi connectivity index (χ0n) is 12.9. The van der Waals surface area contributed by atoms with Gasteiger partial charge in [0.05, 0.1) is 30.4 Å². The van der Waals surface area contributed by atoms with Crippen molar-refractivity contribution in [3.63, 3.8) is 0 Å². The van der Waals surface area contributed by atoms with Crippen molar-refractivity contribution < 1.29 is 22.6 Å². The third-order valence-electron chi connectivity index (χ3n) is 3.97. The minimum absolute atomic E-state index is 0.221. The summed E-state index contributed by atoms with van der Waals surface area (Å²) in [4.78, 5) is 0.221. The van der Waals surface area contributed by atoms with Crippen molar-refractivity contribution in [2.75, 3.05) is 24.5 Å². The van der Waals surface area contributed by atoms with E-state index in [2.05, 4.69) is 4.72 Å². The average Bonchev–Trinajstić information content (AvgIpc) is 2.91. The first-order valence-corrected chi connectivity index (χ1v) is 9.28. The van der Waals surface area contributed by atoms with Gasteiger partial charge in [0.1, 0.15) is 5.75 Å². The number of benzene rings is 2. The molecule has 2 aliphatic rings. The molecule has 126 valence electrons. The molecule has 0 unspecified atom stereocenters. The van der Waals surface area contributed by atoms with Gasteiger partial charge >= 0.3 is 0 Å². The SMILES string of the molecule is O=S(=O)(Nc1ccc2c(c1)OCCCO2)c1ccc2c(c1)CCO2. The van der Waals surface area contributed by atoms with Gasteiger partial charge in [0.15, 0.2) is 11.5 Å². The van der Waals surface area contributed by atoms with Gasteiger partial charge in [0.2, 0.25) is 0 Å². The maximum atomic E-state index is 12.6. The van der Waals surface area contributed by atoms with Crippen LogP contribution in [0.4, 0.5) is 5.69 Å². The fraction of sp³-hybridized carbons (Fsp3) is 0.294. The van der Waals surface area contributed by atoms with Gasteiger partial charge in [-0.05, 0) is 35.9 Å². The number of ether oxygens (including phenoxy) is 3. The Balaban J connectivity index is 1.61. The lowest BCUT2D eigenvalue weighted by Gasteiger charge is -2.12. The standard InChI is InChI=1S/C17H17NO5S/c19-24(20,14-3-5-15-12(10-14)6-9-23-15)18-13-2-4-16-17(11-13)22-8-1-7-21-16/h2-5,10-11,18H,1,6-9H2. The quantitative estimate of drug-likeness (QED) is 0.924. The van der Waals surface area contributed by atoms with E-state index in [-0.39, 0.29) is 4.90 Å². The third-order valence-corrected chi connectivity index (χ3v) is 5.35.